The van der Waals surface area contributed by atoms with Crippen LogP contribution in [0.5, 0.6) is 5.75 Å². The third-order valence-electron chi connectivity index (χ3n) is 4.02. The van der Waals surface area contributed by atoms with Crippen LogP contribution in [0.3, 0.4) is 0 Å². The third kappa shape index (κ3) is 7.09. The van der Waals surface area contributed by atoms with Crippen LogP contribution in [-0.2, 0) is 16.0 Å². The molecule has 1 rings (SSSR count). The van der Waals surface area contributed by atoms with Crippen LogP contribution in [0.1, 0.15) is 26.3 Å². The summed E-state index contributed by atoms with van der Waals surface area (Å²) >= 11 is 0. The largest absolute Gasteiger partial charge is 0.494 e. The minimum atomic E-state index is -0.912. The quantitative estimate of drug-likeness (QED) is 0.671. The summed E-state index contributed by atoms with van der Waals surface area (Å²) < 4.78 is 18.7. The summed E-state index contributed by atoms with van der Waals surface area (Å²) in [6, 6.07) is 4.17. The Morgan fingerprint density at radius 3 is 2.56 bits per heavy atom. The van der Waals surface area contributed by atoms with E-state index in [0.717, 1.165) is 5.56 Å². The lowest BCUT2D eigenvalue weighted by Gasteiger charge is -2.29. The van der Waals surface area contributed by atoms with Crippen LogP contribution >= 0.6 is 0 Å². The summed E-state index contributed by atoms with van der Waals surface area (Å²) in [5, 5.41) is 11.9. The summed E-state index contributed by atoms with van der Waals surface area (Å²) in [7, 11) is 1.42. The van der Waals surface area contributed by atoms with Gasteiger partial charge in [-0.25, -0.2) is 4.39 Å². The number of carbonyl (C=O) groups is 2. The molecule has 0 aliphatic rings. The molecule has 2 unspecified atom stereocenters. The zero-order chi connectivity index (χ0) is 19.0. The van der Waals surface area contributed by atoms with Crippen molar-refractivity contribution in [3.8, 4) is 5.75 Å². The molecule has 140 valence electrons. The van der Waals surface area contributed by atoms with Crippen molar-refractivity contribution in [2.24, 2.45) is 5.92 Å². The molecule has 0 aliphatic carbocycles. The first-order valence-electron chi connectivity index (χ1n) is 8.28. The monoisotopic (exact) mass is 354 g/mol. The van der Waals surface area contributed by atoms with E-state index in [9.17, 15) is 19.1 Å². The summed E-state index contributed by atoms with van der Waals surface area (Å²) in [4.78, 5) is 24.1. The molecule has 0 saturated heterocycles. The summed E-state index contributed by atoms with van der Waals surface area (Å²) in [6.45, 7) is 6.38. The number of nitrogens with zero attached hydrogens (tertiary/aromatic N) is 1. The Bertz CT molecular complexity index is 594. The van der Waals surface area contributed by atoms with E-state index in [-0.39, 0.29) is 17.6 Å². The van der Waals surface area contributed by atoms with Gasteiger partial charge in [-0.3, -0.25) is 14.5 Å². The predicted octanol–water partition coefficient (Wildman–Crippen LogP) is 1.92. The molecule has 2 N–H and O–H groups in total. The van der Waals surface area contributed by atoms with E-state index in [2.05, 4.69) is 5.32 Å². The Morgan fingerprint density at radius 2 is 2.04 bits per heavy atom. The number of benzene rings is 1. The highest BCUT2D eigenvalue weighted by Crippen LogP contribution is 2.20. The molecular formula is C18H27FN2O4. The van der Waals surface area contributed by atoms with Gasteiger partial charge in [0.05, 0.1) is 7.11 Å². The molecule has 0 fully saturated rings. The lowest BCUT2D eigenvalue weighted by Crippen LogP contribution is -2.45. The van der Waals surface area contributed by atoms with E-state index >= 15 is 0 Å². The van der Waals surface area contributed by atoms with E-state index in [1.165, 1.54) is 20.1 Å². The first-order chi connectivity index (χ1) is 11.7. The van der Waals surface area contributed by atoms with Crippen LogP contribution in [0.25, 0.3) is 0 Å². The number of carboxylic acids is 1. The number of nitrogens with one attached hydrogen (secondary N) is 1. The van der Waals surface area contributed by atoms with Crippen molar-refractivity contribution >= 4 is 11.9 Å². The smallest absolute Gasteiger partial charge is 0.320 e. The maximum atomic E-state index is 13.8. The van der Waals surface area contributed by atoms with Crippen molar-refractivity contribution < 1.29 is 23.8 Å². The van der Waals surface area contributed by atoms with Crippen LogP contribution in [0.2, 0.25) is 0 Å². The summed E-state index contributed by atoms with van der Waals surface area (Å²) in [5.74, 6) is -1.15. The molecule has 1 aromatic rings. The van der Waals surface area contributed by atoms with Crippen molar-refractivity contribution in [3.05, 3.63) is 29.6 Å². The minimum Gasteiger partial charge on any atom is -0.494 e. The van der Waals surface area contributed by atoms with E-state index in [4.69, 9.17) is 4.74 Å². The van der Waals surface area contributed by atoms with E-state index in [0.29, 0.717) is 26.1 Å². The number of carboxylic acid groups (broad SMARTS) is 1. The average molecular weight is 354 g/mol. The van der Waals surface area contributed by atoms with Gasteiger partial charge < -0.3 is 15.2 Å². The van der Waals surface area contributed by atoms with Crippen molar-refractivity contribution in [3.63, 3.8) is 0 Å². The molecule has 0 aliphatic heterocycles. The molecule has 0 aromatic heterocycles. The number of hydrogen-bond acceptors (Lipinski definition) is 4. The fourth-order valence-electron chi connectivity index (χ4n) is 2.68. The first-order valence-corrected chi connectivity index (χ1v) is 8.28. The van der Waals surface area contributed by atoms with Crippen LogP contribution in [0.15, 0.2) is 18.2 Å². The van der Waals surface area contributed by atoms with Crippen molar-refractivity contribution in [2.75, 3.05) is 26.7 Å². The van der Waals surface area contributed by atoms with Gasteiger partial charge >= 0.3 is 5.97 Å². The molecule has 0 spiro atoms. The Kier molecular flexibility index (Phi) is 8.34. The van der Waals surface area contributed by atoms with Gasteiger partial charge in [-0.2, -0.15) is 0 Å². The van der Waals surface area contributed by atoms with Crippen molar-refractivity contribution in [1.82, 2.24) is 10.2 Å². The number of hydrogen-bond donors (Lipinski definition) is 2. The van der Waals surface area contributed by atoms with Crippen LogP contribution in [0, 0.1) is 11.7 Å². The minimum absolute atomic E-state index is 0.118. The molecular weight excluding hydrogens is 327 g/mol. The molecule has 0 heterocycles. The van der Waals surface area contributed by atoms with Crippen molar-refractivity contribution in [1.29, 1.82) is 0 Å². The van der Waals surface area contributed by atoms with Gasteiger partial charge in [-0.05, 0) is 37.0 Å². The maximum absolute atomic E-state index is 13.8. The summed E-state index contributed by atoms with van der Waals surface area (Å²) in [5.41, 5.74) is 0.829. The van der Waals surface area contributed by atoms with Crippen molar-refractivity contribution in [2.45, 2.75) is 33.2 Å². The highest BCUT2D eigenvalue weighted by molar-refractivity contribution is 5.73. The number of ether oxygens (including phenoxy) is 1. The molecule has 7 heteroatoms. The highest BCUT2D eigenvalue weighted by atomic mass is 19.1. The van der Waals surface area contributed by atoms with Crippen LogP contribution in [-0.4, -0.2) is 54.7 Å². The van der Waals surface area contributed by atoms with Crippen LogP contribution in [0.4, 0.5) is 4.39 Å². The van der Waals surface area contributed by atoms with E-state index in [1.54, 1.807) is 19.1 Å². The van der Waals surface area contributed by atoms with Gasteiger partial charge in [0.25, 0.3) is 0 Å². The molecule has 6 nitrogen and oxygen atoms in total. The number of amides is 1. The molecule has 0 saturated carbocycles. The van der Waals surface area contributed by atoms with Gasteiger partial charge in [0.15, 0.2) is 11.6 Å². The zero-order valence-corrected chi connectivity index (χ0v) is 15.2. The second kappa shape index (κ2) is 9.98. The van der Waals surface area contributed by atoms with E-state index in [1.807, 2.05) is 11.8 Å². The van der Waals surface area contributed by atoms with Gasteiger partial charge in [0, 0.05) is 26.6 Å². The SMILES string of the molecule is COc1ccc(CC(C)CN(CCNC(C)=O)C(C)C(=O)O)cc1F. The number of carbonyl (C=O) groups excluding carboxylic acids is 1. The molecule has 0 radical (unpaired) electrons. The highest BCUT2D eigenvalue weighted by Gasteiger charge is 2.22. The first kappa shape index (κ1) is 20.9. The van der Waals surface area contributed by atoms with Crippen LogP contribution < -0.4 is 10.1 Å². The molecule has 2 atom stereocenters. The molecule has 1 amide bonds. The normalized spacial score (nSPS) is 13.4. The van der Waals surface area contributed by atoms with Gasteiger partial charge in [-0.1, -0.05) is 13.0 Å². The molecule has 0 bridgehead atoms. The lowest BCUT2D eigenvalue weighted by molar-refractivity contribution is -0.142. The Morgan fingerprint density at radius 1 is 1.36 bits per heavy atom. The maximum Gasteiger partial charge on any atom is 0.320 e. The van der Waals surface area contributed by atoms with Gasteiger partial charge in [0.2, 0.25) is 5.91 Å². The second-order valence-electron chi connectivity index (χ2n) is 6.27. The molecule has 1 aromatic carbocycles. The van der Waals surface area contributed by atoms with Gasteiger partial charge in [0.1, 0.15) is 6.04 Å². The standard InChI is InChI=1S/C18H27FN2O4/c1-12(9-15-5-6-17(25-4)16(19)10-15)11-21(13(2)18(23)24)8-7-20-14(3)22/h5-6,10,12-13H,7-9,11H2,1-4H3,(H,20,22)(H,23,24). The third-order valence-corrected chi connectivity index (χ3v) is 4.02. The fourth-order valence-corrected chi connectivity index (χ4v) is 2.68. The fraction of sp³-hybridized carbons (Fsp3) is 0.556. The van der Waals surface area contributed by atoms with E-state index < -0.39 is 17.8 Å². The average Bonchev–Trinajstić information content (AvgIpc) is 2.53. The lowest BCUT2D eigenvalue weighted by atomic mass is 9.99. The Labute approximate surface area is 148 Å². The number of aliphatic carboxylic acids is 1. The number of halogens is 1. The predicted molar refractivity (Wildman–Crippen MR) is 93.2 cm³/mol. The number of rotatable bonds is 10. The Balaban J connectivity index is 2.69. The second-order valence-corrected chi connectivity index (χ2v) is 6.27. The summed E-state index contributed by atoms with van der Waals surface area (Å²) in [6.07, 6.45) is 0.615. The van der Waals surface area contributed by atoms with Gasteiger partial charge in [-0.15, -0.1) is 0 Å². The number of methoxy groups -OCH3 is 1. The zero-order valence-electron chi connectivity index (χ0n) is 15.2. The topological polar surface area (TPSA) is 78.9 Å². The molecule has 25 heavy (non-hydrogen) atoms. The Hall–Kier alpha value is -2.15.